The zero-order valence-electron chi connectivity index (χ0n) is 11.8. The number of nitro benzene ring substituents is 1. The van der Waals surface area contributed by atoms with Crippen LogP contribution in [0.25, 0.3) is 0 Å². The molecule has 0 spiro atoms. The number of non-ortho nitro benzene ring substituents is 1. The van der Waals surface area contributed by atoms with Crippen LogP contribution in [-0.2, 0) is 9.47 Å². The van der Waals surface area contributed by atoms with Crippen molar-refractivity contribution in [2.45, 2.75) is 20.1 Å². The molecule has 0 bridgehead atoms. The minimum absolute atomic E-state index is 0.0603. The number of nitro groups is 1. The molecule has 0 unspecified atom stereocenters. The van der Waals surface area contributed by atoms with E-state index >= 15 is 0 Å². The van der Waals surface area contributed by atoms with Crippen LogP contribution in [0.3, 0.4) is 0 Å². The Kier molecular flexibility index (Phi) is 6.70. The average Bonchev–Trinajstić information content (AvgIpc) is 2.44. The number of benzene rings is 1. The quantitative estimate of drug-likeness (QED) is 0.449. The summed E-state index contributed by atoms with van der Waals surface area (Å²) in [5.74, 6) is -1.48. The number of amides is 1. The Balaban J connectivity index is 2.72. The second kappa shape index (κ2) is 8.28. The highest BCUT2D eigenvalue weighted by atomic mass is 19.1. The fourth-order valence-electron chi connectivity index (χ4n) is 1.63. The van der Waals surface area contributed by atoms with Gasteiger partial charge in [0.25, 0.3) is 11.6 Å². The summed E-state index contributed by atoms with van der Waals surface area (Å²) >= 11 is 0. The molecular formula is C13H17FN2O5. The SMILES string of the molecule is CCOC(CNC(=O)c1cc(F)cc([N+](=O)[O-])c1)OCC. The standard InChI is InChI=1S/C13H17FN2O5/c1-3-20-12(21-4-2)8-15-13(17)9-5-10(14)7-11(6-9)16(18)19/h5-7,12H,3-4,8H2,1-2H3,(H,15,17). The van der Waals surface area contributed by atoms with Gasteiger partial charge in [-0.25, -0.2) is 4.39 Å². The number of ether oxygens (including phenoxy) is 2. The van der Waals surface area contributed by atoms with Crippen LogP contribution in [0.5, 0.6) is 0 Å². The lowest BCUT2D eigenvalue weighted by molar-refractivity contribution is -0.385. The third-order valence-electron chi connectivity index (χ3n) is 2.49. The molecule has 0 saturated carbocycles. The van der Waals surface area contributed by atoms with Crippen LogP contribution in [-0.4, -0.2) is 36.9 Å². The van der Waals surface area contributed by atoms with E-state index < -0.39 is 28.6 Å². The smallest absolute Gasteiger partial charge is 0.273 e. The van der Waals surface area contributed by atoms with Gasteiger partial charge in [0.05, 0.1) is 17.5 Å². The van der Waals surface area contributed by atoms with Crippen molar-refractivity contribution in [1.82, 2.24) is 5.32 Å². The second-order valence-corrected chi connectivity index (χ2v) is 4.01. The molecule has 0 aliphatic rings. The maximum Gasteiger partial charge on any atom is 0.273 e. The molecule has 0 aliphatic heterocycles. The molecule has 0 radical (unpaired) electrons. The van der Waals surface area contributed by atoms with Crippen LogP contribution in [0.4, 0.5) is 10.1 Å². The molecule has 1 aromatic carbocycles. The molecule has 0 aliphatic carbocycles. The Bertz CT molecular complexity index is 503. The van der Waals surface area contributed by atoms with Gasteiger partial charge in [0.15, 0.2) is 6.29 Å². The van der Waals surface area contributed by atoms with Gasteiger partial charge in [0, 0.05) is 24.8 Å². The van der Waals surface area contributed by atoms with Gasteiger partial charge in [-0.2, -0.15) is 0 Å². The summed E-state index contributed by atoms with van der Waals surface area (Å²) in [4.78, 5) is 21.7. The van der Waals surface area contributed by atoms with E-state index in [1.807, 2.05) is 0 Å². The molecule has 7 nitrogen and oxygen atoms in total. The molecule has 1 aromatic rings. The Morgan fingerprint density at radius 2 is 1.95 bits per heavy atom. The highest BCUT2D eigenvalue weighted by Gasteiger charge is 2.16. The monoisotopic (exact) mass is 300 g/mol. The van der Waals surface area contributed by atoms with Gasteiger partial charge in [-0.05, 0) is 19.9 Å². The summed E-state index contributed by atoms with van der Waals surface area (Å²) in [7, 11) is 0. The maximum atomic E-state index is 13.3. The number of nitrogens with zero attached hydrogens (tertiary/aromatic N) is 1. The summed E-state index contributed by atoms with van der Waals surface area (Å²) < 4.78 is 23.7. The van der Waals surface area contributed by atoms with E-state index in [0.29, 0.717) is 13.2 Å². The van der Waals surface area contributed by atoms with Crippen LogP contribution in [0.15, 0.2) is 18.2 Å². The maximum absolute atomic E-state index is 13.3. The second-order valence-electron chi connectivity index (χ2n) is 4.01. The number of hydrogen-bond acceptors (Lipinski definition) is 5. The zero-order chi connectivity index (χ0) is 15.8. The molecule has 0 aromatic heterocycles. The summed E-state index contributed by atoms with van der Waals surface area (Å²) in [6.07, 6.45) is -0.618. The van der Waals surface area contributed by atoms with Crippen molar-refractivity contribution >= 4 is 11.6 Å². The van der Waals surface area contributed by atoms with Crippen LogP contribution in [0.1, 0.15) is 24.2 Å². The minimum atomic E-state index is -0.847. The van der Waals surface area contributed by atoms with Gasteiger partial charge >= 0.3 is 0 Å². The lowest BCUT2D eigenvalue weighted by atomic mass is 10.2. The number of rotatable bonds is 8. The fraction of sp³-hybridized carbons (Fsp3) is 0.462. The van der Waals surface area contributed by atoms with Crippen LogP contribution in [0, 0.1) is 15.9 Å². The van der Waals surface area contributed by atoms with Crippen molar-refractivity contribution in [3.8, 4) is 0 Å². The number of nitrogens with one attached hydrogen (secondary N) is 1. The van der Waals surface area contributed by atoms with Crippen LogP contribution < -0.4 is 5.32 Å². The van der Waals surface area contributed by atoms with E-state index in [1.165, 1.54) is 0 Å². The Hall–Kier alpha value is -2.06. The van der Waals surface area contributed by atoms with Crippen molar-refractivity contribution in [2.75, 3.05) is 19.8 Å². The molecule has 21 heavy (non-hydrogen) atoms. The normalized spacial score (nSPS) is 10.7. The molecule has 116 valence electrons. The lowest BCUT2D eigenvalue weighted by Crippen LogP contribution is -2.35. The van der Waals surface area contributed by atoms with E-state index in [1.54, 1.807) is 13.8 Å². The number of halogens is 1. The first-order chi connectivity index (χ1) is 9.97. The van der Waals surface area contributed by atoms with Crippen molar-refractivity contribution < 1.29 is 23.6 Å². The summed E-state index contributed by atoms with van der Waals surface area (Å²) in [5.41, 5.74) is -0.611. The fourth-order valence-corrected chi connectivity index (χ4v) is 1.63. The molecule has 0 fully saturated rings. The molecule has 1 amide bonds. The summed E-state index contributed by atoms with van der Waals surface area (Å²) in [6, 6.07) is 2.69. The number of hydrogen-bond donors (Lipinski definition) is 1. The summed E-state index contributed by atoms with van der Waals surface area (Å²) in [5, 5.41) is 13.1. The van der Waals surface area contributed by atoms with E-state index in [9.17, 15) is 19.3 Å². The Morgan fingerprint density at radius 1 is 1.33 bits per heavy atom. The van der Waals surface area contributed by atoms with E-state index in [-0.39, 0.29) is 12.1 Å². The third-order valence-corrected chi connectivity index (χ3v) is 2.49. The average molecular weight is 300 g/mol. The Labute approximate surface area is 121 Å². The molecule has 1 rings (SSSR count). The van der Waals surface area contributed by atoms with Gasteiger partial charge in [-0.15, -0.1) is 0 Å². The Morgan fingerprint density at radius 3 is 2.48 bits per heavy atom. The molecule has 0 heterocycles. The van der Waals surface area contributed by atoms with Gasteiger partial charge in [-0.1, -0.05) is 0 Å². The highest BCUT2D eigenvalue weighted by molar-refractivity contribution is 5.94. The number of carbonyl (C=O) groups is 1. The van der Waals surface area contributed by atoms with Crippen molar-refractivity contribution in [3.63, 3.8) is 0 Å². The molecule has 0 atom stereocenters. The molecule has 1 N–H and O–H groups in total. The van der Waals surface area contributed by atoms with E-state index in [2.05, 4.69) is 5.32 Å². The first kappa shape index (κ1) is 17.0. The van der Waals surface area contributed by atoms with Crippen molar-refractivity contribution in [2.24, 2.45) is 0 Å². The largest absolute Gasteiger partial charge is 0.351 e. The highest BCUT2D eigenvalue weighted by Crippen LogP contribution is 2.16. The zero-order valence-corrected chi connectivity index (χ0v) is 11.8. The topological polar surface area (TPSA) is 90.7 Å². The van der Waals surface area contributed by atoms with Crippen LogP contribution in [0.2, 0.25) is 0 Å². The van der Waals surface area contributed by atoms with Gasteiger partial charge in [0.2, 0.25) is 0 Å². The predicted octanol–water partition coefficient (Wildman–Crippen LogP) is 1.86. The lowest BCUT2D eigenvalue weighted by Gasteiger charge is -2.17. The summed E-state index contributed by atoms with van der Waals surface area (Å²) in [6.45, 7) is 4.44. The van der Waals surface area contributed by atoms with Gasteiger partial charge in [0.1, 0.15) is 5.82 Å². The van der Waals surface area contributed by atoms with E-state index in [0.717, 1.165) is 18.2 Å². The molecule has 0 saturated heterocycles. The molecular weight excluding hydrogens is 283 g/mol. The van der Waals surface area contributed by atoms with Crippen molar-refractivity contribution in [1.29, 1.82) is 0 Å². The van der Waals surface area contributed by atoms with Crippen molar-refractivity contribution in [3.05, 3.63) is 39.7 Å². The number of carbonyl (C=O) groups excluding carboxylic acids is 1. The third kappa shape index (κ3) is 5.44. The van der Waals surface area contributed by atoms with Crippen LogP contribution >= 0.6 is 0 Å². The minimum Gasteiger partial charge on any atom is -0.351 e. The predicted molar refractivity (Wildman–Crippen MR) is 72.4 cm³/mol. The van der Waals surface area contributed by atoms with Gasteiger partial charge < -0.3 is 14.8 Å². The first-order valence-corrected chi connectivity index (χ1v) is 6.44. The first-order valence-electron chi connectivity index (χ1n) is 6.44. The molecule has 8 heteroatoms. The van der Waals surface area contributed by atoms with E-state index in [4.69, 9.17) is 9.47 Å². The van der Waals surface area contributed by atoms with Gasteiger partial charge in [-0.3, -0.25) is 14.9 Å².